The van der Waals surface area contributed by atoms with E-state index in [0.717, 1.165) is 11.3 Å². The summed E-state index contributed by atoms with van der Waals surface area (Å²) in [5.41, 5.74) is 0.572. The summed E-state index contributed by atoms with van der Waals surface area (Å²) in [5.74, 6) is -0.161. The van der Waals surface area contributed by atoms with E-state index in [9.17, 15) is 18.0 Å². The van der Waals surface area contributed by atoms with Crippen LogP contribution in [0.25, 0.3) is 10.2 Å². The number of nitrogens with zero attached hydrogens (tertiary/aromatic N) is 1. The van der Waals surface area contributed by atoms with E-state index in [-0.39, 0.29) is 30.7 Å². The van der Waals surface area contributed by atoms with Crippen LogP contribution in [-0.2, 0) is 9.53 Å². The quantitative estimate of drug-likeness (QED) is 0.829. The molecule has 1 amide bonds. The molecule has 11 heteroatoms. The molecule has 1 aliphatic rings. The SMILES string of the molecule is Cl.O=C(Nc1nc2ccc(OCC(F)(F)F)cc2s1)C1COCCN1. The molecule has 1 atom stereocenters. The average Bonchev–Trinajstić information content (AvgIpc) is 2.94. The molecule has 138 valence electrons. The van der Waals surface area contributed by atoms with Crippen LogP contribution in [0.4, 0.5) is 18.3 Å². The van der Waals surface area contributed by atoms with Crippen LogP contribution in [-0.4, -0.2) is 49.5 Å². The predicted octanol–water partition coefficient (Wildman–Crippen LogP) is 2.59. The number of carbonyl (C=O) groups excluding carboxylic acids is 1. The van der Waals surface area contributed by atoms with E-state index in [0.29, 0.717) is 28.5 Å². The van der Waals surface area contributed by atoms with Crippen LogP contribution in [0, 0.1) is 0 Å². The highest BCUT2D eigenvalue weighted by atomic mass is 35.5. The first-order valence-corrected chi connectivity index (χ1v) is 7.94. The molecule has 2 N–H and O–H groups in total. The fourth-order valence-corrected chi connectivity index (χ4v) is 3.04. The van der Waals surface area contributed by atoms with E-state index in [1.165, 1.54) is 12.1 Å². The Morgan fingerprint density at radius 2 is 2.28 bits per heavy atom. The molecule has 3 rings (SSSR count). The van der Waals surface area contributed by atoms with Crippen LogP contribution in [0.2, 0.25) is 0 Å². The zero-order valence-electron chi connectivity index (χ0n) is 12.8. The number of rotatable bonds is 4. The summed E-state index contributed by atoms with van der Waals surface area (Å²) in [4.78, 5) is 16.3. The van der Waals surface area contributed by atoms with Crippen LogP contribution >= 0.6 is 23.7 Å². The fraction of sp³-hybridized carbons (Fsp3) is 0.429. The second kappa shape index (κ2) is 8.17. The minimum atomic E-state index is -4.39. The van der Waals surface area contributed by atoms with Gasteiger partial charge in [-0.1, -0.05) is 11.3 Å². The summed E-state index contributed by atoms with van der Waals surface area (Å²) < 4.78 is 47.1. The van der Waals surface area contributed by atoms with Crippen molar-refractivity contribution in [1.29, 1.82) is 0 Å². The summed E-state index contributed by atoms with van der Waals surface area (Å²) in [6.45, 7) is 0.0872. The summed E-state index contributed by atoms with van der Waals surface area (Å²) >= 11 is 1.16. The number of amides is 1. The second-order valence-corrected chi connectivity index (χ2v) is 6.15. The number of carbonyl (C=O) groups is 1. The van der Waals surface area contributed by atoms with Gasteiger partial charge < -0.3 is 20.1 Å². The molecule has 0 aliphatic carbocycles. The number of hydrogen-bond donors (Lipinski definition) is 2. The lowest BCUT2D eigenvalue weighted by atomic mass is 10.2. The van der Waals surface area contributed by atoms with Gasteiger partial charge in [0.15, 0.2) is 11.7 Å². The lowest BCUT2D eigenvalue weighted by molar-refractivity contribution is -0.153. The minimum Gasteiger partial charge on any atom is -0.484 e. The molecule has 1 aliphatic heterocycles. The van der Waals surface area contributed by atoms with Gasteiger partial charge in [-0.15, -0.1) is 12.4 Å². The third-order valence-corrected chi connectivity index (χ3v) is 4.16. The summed E-state index contributed by atoms with van der Waals surface area (Å²) in [6, 6.07) is 3.98. The number of anilines is 1. The summed E-state index contributed by atoms with van der Waals surface area (Å²) in [6.07, 6.45) is -4.39. The van der Waals surface area contributed by atoms with Gasteiger partial charge in [-0.25, -0.2) is 4.98 Å². The number of halogens is 4. The molecule has 1 aromatic heterocycles. The molecule has 1 aromatic carbocycles. The van der Waals surface area contributed by atoms with Crippen molar-refractivity contribution in [2.45, 2.75) is 12.2 Å². The lowest BCUT2D eigenvalue weighted by Crippen LogP contribution is -2.48. The number of nitrogens with one attached hydrogen (secondary N) is 2. The maximum absolute atomic E-state index is 12.2. The fourth-order valence-electron chi connectivity index (χ4n) is 2.14. The molecule has 2 aromatic rings. The third kappa shape index (κ3) is 5.43. The first-order valence-electron chi connectivity index (χ1n) is 7.13. The van der Waals surface area contributed by atoms with Gasteiger partial charge in [-0.05, 0) is 18.2 Å². The standard InChI is InChI=1S/C14H14F3N3O3S.ClH/c15-14(16,17)7-23-8-1-2-9-11(5-8)24-13(19-9)20-12(21)10-6-22-4-3-18-10;/h1-2,5,10,18H,3-4,6-7H2,(H,19,20,21);1H. The van der Waals surface area contributed by atoms with E-state index < -0.39 is 18.8 Å². The van der Waals surface area contributed by atoms with Crippen LogP contribution in [0.1, 0.15) is 0 Å². The minimum absolute atomic E-state index is 0. The van der Waals surface area contributed by atoms with Gasteiger partial charge in [0.05, 0.1) is 23.4 Å². The molecule has 2 heterocycles. The maximum Gasteiger partial charge on any atom is 0.422 e. The van der Waals surface area contributed by atoms with Gasteiger partial charge in [0, 0.05) is 6.54 Å². The van der Waals surface area contributed by atoms with E-state index in [1.807, 2.05) is 0 Å². The predicted molar refractivity (Wildman–Crippen MR) is 89.7 cm³/mol. The number of morpholine rings is 1. The van der Waals surface area contributed by atoms with Crippen molar-refractivity contribution < 1.29 is 27.4 Å². The van der Waals surface area contributed by atoms with Crippen molar-refractivity contribution in [3.05, 3.63) is 18.2 Å². The number of benzene rings is 1. The zero-order chi connectivity index (χ0) is 17.2. The Balaban J connectivity index is 0.00000225. The number of alkyl halides is 3. The van der Waals surface area contributed by atoms with Crippen molar-refractivity contribution in [2.24, 2.45) is 0 Å². The van der Waals surface area contributed by atoms with Gasteiger partial charge in [-0.2, -0.15) is 13.2 Å². The average molecular weight is 398 g/mol. The largest absolute Gasteiger partial charge is 0.484 e. The zero-order valence-corrected chi connectivity index (χ0v) is 14.4. The normalized spacial score (nSPS) is 17.8. The van der Waals surface area contributed by atoms with Crippen molar-refractivity contribution in [3.63, 3.8) is 0 Å². The molecule has 0 spiro atoms. The molecule has 0 bridgehead atoms. The van der Waals surface area contributed by atoms with Crippen LogP contribution in [0.15, 0.2) is 18.2 Å². The number of thiazole rings is 1. The maximum atomic E-state index is 12.2. The van der Waals surface area contributed by atoms with E-state index >= 15 is 0 Å². The molecular formula is C14H15ClF3N3O3S. The second-order valence-electron chi connectivity index (χ2n) is 5.12. The summed E-state index contributed by atoms with van der Waals surface area (Å²) in [5, 5.41) is 6.08. The first-order chi connectivity index (χ1) is 11.4. The number of ether oxygens (including phenoxy) is 2. The molecule has 1 fully saturated rings. The van der Waals surface area contributed by atoms with Crippen LogP contribution < -0.4 is 15.4 Å². The molecule has 0 saturated carbocycles. The highest BCUT2D eigenvalue weighted by molar-refractivity contribution is 7.22. The van der Waals surface area contributed by atoms with Gasteiger partial charge in [-0.3, -0.25) is 4.79 Å². The number of hydrogen-bond acceptors (Lipinski definition) is 6. The third-order valence-electron chi connectivity index (χ3n) is 3.23. The molecule has 25 heavy (non-hydrogen) atoms. The van der Waals surface area contributed by atoms with Gasteiger partial charge in [0.1, 0.15) is 11.8 Å². The van der Waals surface area contributed by atoms with Gasteiger partial charge >= 0.3 is 6.18 Å². The highest BCUT2D eigenvalue weighted by Gasteiger charge is 2.28. The van der Waals surface area contributed by atoms with E-state index in [4.69, 9.17) is 9.47 Å². The smallest absolute Gasteiger partial charge is 0.422 e. The monoisotopic (exact) mass is 397 g/mol. The molecule has 1 saturated heterocycles. The van der Waals surface area contributed by atoms with Gasteiger partial charge in [0.2, 0.25) is 5.91 Å². The van der Waals surface area contributed by atoms with Crippen LogP contribution in [0.5, 0.6) is 5.75 Å². The van der Waals surface area contributed by atoms with Gasteiger partial charge in [0.25, 0.3) is 0 Å². The Bertz CT molecular complexity index is 735. The van der Waals surface area contributed by atoms with Crippen molar-refractivity contribution >= 4 is 45.0 Å². The number of fused-ring (bicyclic) bond motifs is 1. The summed E-state index contributed by atoms with van der Waals surface area (Å²) in [7, 11) is 0. The number of aromatic nitrogens is 1. The first kappa shape index (κ1) is 19.7. The Kier molecular flexibility index (Phi) is 6.44. The van der Waals surface area contributed by atoms with E-state index in [1.54, 1.807) is 6.07 Å². The molecule has 1 unspecified atom stereocenters. The molecule has 0 radical (unpaired) electrons. The lowest BCUT2D eigenvalue weighted by Gasteiger charge is -2.22. The van der Waals surface area contributed by atoms with Crippen molar-refractivity contribution in [3.8, 4) is 5.75 Å². The van der Waals surface area contributed by atoms with Crippen molar-refractivity contribution in [1.82, 2.24) is 10.3 Å². The van der Waals surface area contributed by atoms with Crippen LogP contribution in [0.3, 0.4) is 0 Å². The van der Waals surface area contributed by atoms with Crippen molar-refractivity contribution in [2.75, 3.05) is 31.7 Å². The Labute approximate surface area is 151 Å². The molecule has 6 nitrogen and oxygen atoms in total. The molecular weight excluding hydrogens is 383 g/mol. The highest BCUT2D eigenvalue weighted by Crippen LogP contribution is 2.30. The Hall–Kier alpha value is -1.62. The van der Waals surface area contributed by atoms with E-state index in [2.05, 4.69) is 15.6 Å². The Morgan fingerprint density at radius 3 is 2.96 bits per heavy atom. The topological polar surface area (TPSA) is 72.5 Å². The Morgan fingerprint density at radius 1 is 1.48 bits per heavy atom.